The Hall–Kier alpha value is -3.46. The summed E-state index contributed by atoms with van der Waals surface area (Å²) in [5.41, 5.74) is -0.124. The molecule has 1 saturated heterocycles. The zero-order valence-corrected chi connectivity index (χ0v) is 20.4. The molecule has 1 spiro atoms. The van der Waals surface area contributed by atoms with Crippen molar-refractivity contribution in [3.63, 3.8) is 0 Å². The van der Waals surface area contributed by atoms with Crippen molar-refractivity contribution in [1.82, 2.24) is 5.32 Å². The summed E-state index contributed by atoms with van der Waals surface area (Å²) in [6, 6.07) is 9.47. The number of anilines is 2. The van der Waals surface area contributed by atoms with Crippen molar-refractivity contribution in [3.05, 3.63) is 63.2 Å². The first kappa shape index (κ1) is 24.7. The van der Waals surface area contributed by atoms with Crippen LogP contribution in [0.15, 0.2) is 42.5 Å². The van der Waals surface area contributed by atoms with Crippen molar-refractivity contribution in [2.24, 2.45) is 5.41 Å². The second kappa shape index (κ2) is 9.65. The Balaban J connectivity index is 1.91. The van der Waals surface area contributed by atoms with Crippen LogP contribution in [0.2, 0.25) is 5.02 Å². The predicted octanol–water partition coefficient (Wildman–Crippen LogP) is 4.85. The van der Waals surface area contributed by atoms with E-state index in [1.54, 1.807) is 30.3 Å². The number of amides is 4. The van der Waals surface area contributed by atoms with Gasteiger partial charge in [0.25, 0.3) is 11.6 Å². The van der Waals surface area contributed by atoms with Crippen LogP contribution in [-0.2, 0) is 16.0 Å². The van der Waals surface area contributed by atoms with Gasteiger partial charge in [-0.1, -0.05) is 38.3 Å². The molecular formula is C25H27ClN4O5. The summed E-state index contributed by atoms with van der Waals surface area (Å²) in [4.78, 5) is 54.7. The van der Waals surface area contributed by atoms with Gasteiger partial charge in [0.05, 0.1) is 16.7 Å². The SMILES string of the molecule is CCCCN1c2ccc([N+](=O)[O-])cc2CC2(C(=O)NC(=O)N(c3ccc(Cl)cc3)C2=O)C1CCC. The molecule has 10 heteroatoms. The summed E-state index contributed by atoms with van der Waals surface area (Å²) < 4.78 is 0. The summed E-state index contributed by atoms with van der Waals surface area (Å²) in [6.07, 6.45) is 2.89. The second-order valence-corrected chi connectivity index (χ2v) is 9.38. The number of benzene rings is 2. The van der Waals surface area contributed by atoms with Gasteiger partial charge >= 0.3 is 6.03 Å². The normalized spacial score (nSPS) is 21.8. The number of nitro groups is 1. The van der Waals surface area contributed by atoms with Crippen LogP contribution in [0.25, 0.3) is 0 Å². The molecule has 0 aromatic heterocycles. The van der Waals surface area contributed by atoms with Crippen molar-refractivity contribution in [2.75, 3.05) is 16.3 Å². The second-order valence-electron chi connectivity index (χ2n) is 8.95. The van der Waals surface area contributed by atoms with Crippen molar-refractivity contribution in [2.45, 2.75) is 52.0 Å². The molecule has 2 aromatic carbocycles. The largest absolute Gasteiger partial charge is 0.367 e. The van der Waals surface area contributed by atoms with E-state index < -0.39 is 34.2 Å². The Morgan fingerprint density at radius 2 is 1.83 bits per heavy atom. The minimum Gasteiger partial charge on any atom is -0.367 e. The van der Waals surface area contributed by atoms with E-state index in [9.17, 15) is 24.5 Å². The minimum absolute atomic E-state index is 0.0423. The third-order valence-electron chi connectivity index (χ3n) is 6.81. The van der Waals surface area contributed by atoms with Gasteiger partial charge in [-0.15, -0.1) is 0 Å². The van der Waals surface area contributed by atoms with E-state index in [1.807, 2.05) is 18.7 Å². The average Bonchev–Trinajstić information content (AvgIpc) is 2.83. The fourth-order valence-corrected chi connectivity index (χ4v) is 5.29. The average molecular weight is 499 g/mol. The van der Waals surface area contributed by atoms with Crippen molar-refractivity contribution in [3.8, 4) is 0 Å². The van der Waals surface area contributed by atoms with E-state index in [0.717, 1.165) is 23.4 Å². The van der Waals surface area contributed by atoms with E-state index in [2.05, 4.69) is 5.32 Å². The third-order valence-corrected chi connectivity index (χ3v) is 7.06. The highest BCUT2D eigenvalue weighted by atomic mass is 35.5. The van der Waals surface area contributed by atoms with E-state index in [1.165, 1.54) is 12.1 Å². The molecular weight excluding hydrogens is 472 g/mol. The molecule has 184 valence electrons. The smallest absolute Gasteiger partial charge is 0.335 e. The van der Waals surface area contributed by atoms with E-state index in [-0.39, 0.29) is 12.1 Å². The van der Waals surface area contributed by atoms with Gasteiger partial charge in [-0.25, -0.2) is 9.69 Å². The molecule has 1 fully saturated rings. The van der Waals surface area contributed by atoms with Crippen LogP contribution >= 0.6 is 11.6 Å². The maximum absolute atomic E-state index is 14.2. The first-order chi connectivity index (χ1) is 16.7. The van der Waals surface area contributed by atoms with Crippen molar-refractivity contribution >= 4 is 46.5 Å². The molecule has 0 saturated carbocycles. The lowest BCUT2D eigenvalue weighted by Crippen LogP contribution is -2.72. The van der Waals surface area contributed by atoms with Crippen LogP contribution in [0.3, 0.4) is 0 Å². The van der Waals surface area contributed by atoms with Crippen LogP contribution in [-0.4, -0.2) is 35.4 Å². The molecule has 0 radical (unpaired) electrons. The minimum atomic E-state index is -1.63. The number of hydrogen-bond donors (Lipinski definition) is 1. The van der Waals surface area contributed by atoms with Crippen LogP contribution in [0.1, 0.15) is 45.1 Å². The molecule has 2 aliphatic rings. The number of halogens is 1. The molecule has 0 bridgehead atoms. The molecule has 2 atom stereocenters. The zero-order valence-electron chi connectivity index (χ0n) is 19.6. The quantitative estimate of drug-likeness (QED) is 0.331. The van der Waals surface area contributed by atoms with E-state index >= 15 is 0 Å². The van der Waals surface area contributed by atoms with Gasteiger partial charge in [0, 0.05) is 35.8 Å². The fourth-order valence-electron chi connectivity index (χ4n) is 5.17. The van der Waals surface area contributed by atoms with Crippen LogP contribution in [0, 0.1) is 15.5 Å². The third kappa shape index (κ3) is 4.14. The number of fused-ring (bicyclic) bond motifs is 1. The number of nitrogens with zero attached hydrogens (tertiary/aromatic N) is 3. The van der Waals surface area contributed by atoms with Gasteiger partial charge in [0.2, 0.25) is 5.91 Å². The van der Waals surface area contributed by atoms with Crippen LogP contribution < -0.4 is 15.1 Å². The van der Waals surface area contributed by atoms with Gasteiger partial charge in [-0.05, 0) is 48.7 Å². The first-order valence-corrected chi connectivity index (χ1v) is 12.1. The lowest BCUT2D eigenvalue weighted by Gasteiger charge is -2.52. The summed E-state index contributed by atoms with van der Waals surface area (Å²) in [5.74, 6) is -1.31. The molecule has 2 aliphatic heterocycles. The number of rotatable bonds is 7. The van der Waals surface area contributed by atoms with Gasteiger partial charge in [-0.2, -0.15) is 0 Å². The van der Waals surface area contributed by atoms with E-state index in [4.69, 9.17) is 11.6 Å². The predicted molar refractivity (Wildman–Crippen MR) is 133 cm³/mol. The van der Waals surface area contributed by atoms with Gasteiger partial charge < -0.3 is 4.90 Å². The standard InChI is InChI=1S/C25H27ClN4O5/c1-3-5-13-28-20-12-11-19(30(34)35)14-16(20)15-25(21(28)6-4-2)22(31)27-24(33)29(23(25)32)18-9-7-17(26)8-10-18/h7-12,14,21H,3-6,13,15H2,1-2H3,(H,27,31,33). The number of nitro benzene ring substituents is 1. The topological polar surface area (TPSA) is 113 Å². The zero-order chi connectivity index (χ0) is 25.3. The molecule has 35 heavy (non-hydrogen) atoms. The molecule has 4 rings (SSSR count). The number of carbonyl (C=O) groups excluding carboxylic acids is 3. The molecule has 4 amide bonds. The highest BCUT2D eigenvalue weighted by Gasteiger charge is 2.62. The number of unbranched alkanes of at least 4 members (excludes halogenated alkanes) is 1. The summed E-state index contributed by atoms with van der Waals surface area (Å²) in [5, 5.41) is 14.3. The number of imide groups is 2. The monoisotopic (exact) mass is 498 g/mol. The Morgan fingerprint density at radius 3 is 2.46 bits per heavy atom. The Labute approximate surface area is 208 Å². The van der Waals surface area contributed by atoms with Crippen LogP contribution in [0.4, 0.5) is 21.9 Å². The molecule has 0 aliphatic carbocycles. The maximum atomic E-state index is 14.2. The molecule has 9 nitrogen and oxygen atoms in total. The van der Waals surface area contributed by atoms with Gasteiger partial charge in [0.15, 0.2) is 5.41 Å². The number of nitrogens with one attached hydrogen (secondary N) is 1. The maximum Gasteiger partial charge on any atom is 0.335 e. The van der Waals surface area contributed by atoms with Crippen LogP contribution in [0.5, 0.6) is 0 Å². The number of barbiturate groups is 1. The Bertz CT molecular complexity index is 1180. The van der Waals surface area contributed by atoms with Gasteiger partial charge in [0.1, 0.15) is 0 Å². The summed E-state index contributed by atoms with van der Waals surface area (Å²) in [7, 11) is 0. The number of urea groups is 1. The molecule has 1 N–H and O–H groups in total. The Morgan fingerprint density at radius 1 is 1.11 bits per heavy atom. The van der Waals surface area contributed by atoms with Gasteiger partial charge in [-0.3, -0.25) is 25.0 Å². The first-order valence-electron chi connectivity index (χ1n) is 11.7. The number of hydrogen-bond acceptors (Lipinski definition) is 6. The fraction of sp³-hybridized carbons (Fsp3) is 0.400. The highest BCUT2D eigenvalue weighted by molar-refractivity contribution is 6.32. The van der Waals surface area contributed by atoms with E-state index in [0.29, 0.717) is 35.7 Å². The molecule has 2 unspecified atom stereocenters. The lowest BCUT2D eigenvalue weighted by atomic mass is 9.67. The number of non-ortho nitro benzene ring substituents is 1. The lowest BCUT2D eigenvalue weighted by molar-refractivity contribution is -0.384. The molecule has 2 aromatic rings. The molecule has 2 heterocycles. The highest BCUT2D eigenvalue weighted by Crippen LogP contribution is 2.47. The Kier molecular flexibility index (Phi) is 6.80. The summed E-state index contributed by atoms with van der Waals surface area (Å²) >= 11 is 6.00. The van der Waals surface area contributed by atoms with Crippen molar-refractivity contribution < 1.29 is 19.3 Å². The number of carbonyl (C=O) groups is 3. The summed E-state index contributed by atoms with van der Waals surface area (Å²) in [6.45, 7) is 4.60. The van der Waals surface area contributed by atoms with Crippen molar-refractivity contribution in [1.29, 1.82) is 0 Å².